The molecule has 0 aromatic heterocycles. The van der Waals surface area contributed by atoms with E-state index >= 15 is 0 Å². The van der Waals surface area contributed by atoms with Gasteiger partial charge in [0.25, 0.3) is 0 Å². The Balaban J connectivity index is 1.66. The van der Waals surface area contributed by atoms with E-state index in [0.29, 0.717) is 44.0 Å². The lowest BCUT2D eigenvalue weighted by Crippen LogP contribution is -2.50. The number of nitrogens with two attached hydrogens (primary N) is 1. The predicted molar refractivity (Wildman–Crippen MR) is 98.1 cm³/mol. The van der Waals surface area contributed by atoms with Crippen molar-refractivity contribution in [3.05, 3.63) is 65.2 Å². The number of primary amides is 1. The molecule has 2 aromatic rings. The maximum absolute atomic E-state index is 13.6. The third-order valence-corrected chi connectivity index (χ3v) is 4.86. The maximum atomic E-state index is 13.6. The van der Waals surface area contributed by atoms with Crippen LogP contribution in [0.25, 0.3) is 0 Å². The molecular formula is C20H23F2N3O2. The number of ether oxygens (including phenoxy) is 1. The van der Waals surface area contributed by atoms with Crippen LogP contribution in [0, 0.1) is 11.6 Å². The molecule has 1 heterocycles. The fourth-order valence-corrected chi connectivity index (χ4v) is 3.49. The summed E-state index contributed by atoms with van der Waals surface area (Å²) in [5.74, 6) is -0.451. The van der Waals surface area contributed by atoms with Crippen molar-refractivity contribution in [1.82, 2.24) is 9.80 Å². The Labute approximate surface area is 157 Å². The van der Waals surface area contributed by atoms with E-state index in [1.807, 2.05) is 4.90 Å². The second-order valence-corrected chi connectivity index (χ2v) is 6.62. The molecule has 1 atom stereocenters. The van der Waals surface area contributed by atoms with Gasteiger partial charge in [-0.3, -0.25) is 14.6 Å². The van der Waals surface area contributed by atoms with Crippen LogP contribution in [0.5, 0.6) is 5.75 Å². The molecule has 2 N–H and O–H groups in total. The van der Waals surface area contributed by atoms with Crippen molar-refractivity contribution in [2.45, 2.75) is 12.6 Å². The van der Waals surface area contributed by atoms with E-state index in [0.717, 1.165) is 5.56 Å². The predicted octanol–water partition coefficient (Wildman–Crippen LogP) is 2.32. The number of nitrogens with zero attached hydrogens (tertiary/aromatic N) is 2. The minimum absolute atomic E-state index is 0.297. The van der Waals surface area contributed by atoms with E-state index in [-0.39, 0.29) is 11.6 Å². The monoisotopic (exact) mass is 375 g/mol. The average molecular weight is 375 g/mol. The second-order valence-electron chi connectivity index (χ2n) is 6.62. The van der Waals surface area contributed by atoms with Crippen molar-refractivity contribution in [2.75, 3.05) is 33.3 Å². The number of benzene rings is 2. The smallest absolute Gasteiger partial charge is 0.239 e. The topological polar surface area (TPSA) is 58.8 Å². The van der Waals surface area contributed by atoms with Crippen molar-refractivity contribution >= 4 is 5.91 Å². The van der Waals surface area contributed by atoms with E-state index < -0.39 is 11.9 Å². The summed E-state index contributed by atoms with van der Waals surface area (Å²) in [5, 5.41) is 0. The first kappa shape index (κ1) is 19.3. The molecule has 1 aliphatic rings. The van der Waals surface area contributed by atoms with Crippen LogP contribution in [0.1, 0.15) is 17.2 Å². The zero-order valence-electron chi connectivity index (χ0n) is 15.2. The molecule has 0 spiro atoms. The SMILES string of the molecule is COc1ccc(F)cc1CN1CCN(C(C(N)=O)c2ccc(F)cc2)CC1. The molecule has 1 unspecified atom stereocenters. The number of hydrogen-bond donors (Lipinski definition) is 1. The van der Waals surface area contributed by atoms with E-state index in [2.05, 4.69) is 4.90 Å². The van der Waals surface area contributed by atoms with Gasteiger partial charge in [0.1, 0.15) is 23.4 Å². The van der Waals surface area contributed by atoms with E-state index in [9.17, 15) is 13.6 Å². The van der Waals surface area contributed by atoms with Gasteiger partial charge in [0.2, 0.25) is 5.91 Å². The number of carbonyl (C=O) groups excluding carboxylic acids is 1. The quantitative estimate of drug-likeness (QED) is 0.842. The van der Waals surface area contributed by atoms with E-state index in [4.69, 9.17) is 10.5 Å². The molecule has 2 aromatic carbocycles. The molecule has 0 radical (unpaired) electrons. The Morgan fingerprint density at radius 2 is 1.70 bits per heavy atom. The lowest BCUT2D eigenvalue weighted by Gasteiger charge is -2.38. The molecule has 0 saturated carbocycles. The van der Waals surface area contributed by atoms with Crippen LogP contribution in [0.2, 0.25) is 0 Å². The standard InChI is InChI=1S/C20H23F2N3O2/c1-27-18-7-6-17(22)12-15(18)13-24-8-10-25(11-9-24)19(20(23)26)14-2-4-16(21)5-3-14/h2-7,12,19H,8-11,13H2,1H3,(H2,23,26). The fraction of sp³-hybridized carbons (Fsp3) is 0.350. The fourth-order valence-electron chi connectivity index (χ4n) is 3.49. The molecule has 1 saturated heterocycles. The number of carbonyl (C=O) groups is 1. The van der Waals surface area contributed by atoms with Crippen LogP contribution >= 0.6 is 0 Å². The summed E-state index contributed by atoms with van der Waals surface area (Å²) in [6.07, 6.45) is 0. The summed E-state index contributed by atoms with van der Waals surface area (Å²) in [5.41, 5.74) is 7.08. The molecular weight excluding hydrogens is 352 g/mol. The van der Waals surface area contributed by atoms with Crippen LogP contribution in [0.15, 0.2) is 42.5 Å². The highest BCUT2D eigenvalue weighted by Gasteiger charge is 2.29. The van der Waals surface area contributed by atoms with Gasteiger partial charge in [-0.05, 0) is 35.9 Å². The minimum Gasteiger partial charge on any atom is -0.496 e. The third-order valence-electron chi connectivity index (χ3n) is 4.86. The molecule has 27 heavy (non-hydrogen) atoms. The number of piperazine rings is 1. The second kappa shape index (κ2) is 8.45. The van der Waals surface area contributed by atoms with Gasteiger partial charge in [0.05, 0.1) is 7.11 Å². The molecule has 1 fully saturated rings. The Morgan fingerprint density at radius 1 is 1.07 bits per heavy atom. The molecule has 1 aliphatic heterocycles. The largest absolute Gasteiger partial charge is 0.496 e. The maximum Gasteiger partial charge on any atom is 0.239 e. The normalized spacial score (nSPS) is 16.9. The summed E-state index contributed by atoms with van der Waals surface area (Å²) >= 11 is 0. The van der Waals surface area contributed by atoms with E-state index in [1.54, 1.807) is 25.3 Å². The molecule has 0 aliphatic carbocycles. The highest BCUT2D eigenvalue weighted by atomic mass is 19.1. The van der Waals surface area contributed by atoms with Gasteiger partial charge in [0.15, 0.2) is 0 Å². The molecule has 144 valence electrons. The van der Waals surface area contributed by atoms with Crippen LogP contribution in [0.3, 0.4) is 0 Å². The zero-order chi connectivity index (χ0) is 19.4. The highest BCUT2D eigenvalue weighted by Crippen LogP contribution is 2.25. The van der Waals surface area contributed by atoms with Gasteiger partial charge < -0.3 is 10.5 Å². The Bertz CT molecular complexity index is 790. The van der Waals surface area contributed by atoms with Crippen LogP contribution < -0.4 is 10.5 Å². The van der Waals surface area contributed by atoms with Crippen molar-refractivity contribution < 1.29 is 18.3 Å². The third kappa shape index (κ3) is 4.61. The summed E-state index contributed by atoms with van der Waals surface area (Å²) in [7, 11) is 1.56. The lowest BCUT2D eigenvalue weighted by atomic mass is 10.0. The Morgan fingerprint density at radius 3 is 2.30 bits per heavy atom. The average Bonchev–Trinajstić information content (AvgIpc) is 2.65. The number of amides is 1. The van der Waals surface area contributed by atoms with Gasteiger partial charge in [-0.25, -0.2) is 8.78 Å². The number of halogens is 2. The number of hydrogen-bond acceptors (Lipinski definition) is 4. The van der Waals surface area contributed by atoms with Crippen LogP contribution in [-0.2, 0) is 11.3 Å². The number of rotatable bonds is 6. The van der Waals surface area contributed by atoms with Crippen molar-refractivity contribution in [3.8, 4) is 5.75 Å². The molecule has 5 nitrogen and oxygen atoms in total. The Kier molecular flexibility index (Phi) is 6.03. The van der Waals surface area contributed by atoms with Crippen molar-refractivity contribution in [1.29, 1.82) is 0 Å². The first-order valence-electron chi connectivity index (χ1n) is 8.81. The summed E-state index contributed by atoms with van der Waals surface area (Å²) < 4.78 is 32.0. The van der Waals surface area contributed by atoms with Crippen LogP contribution in [-0.4, -0.2) is 49.0 Å². The number of methoxy groups -OCH3 is 1. The van der Waals surface area contributed by atoms with E-state index in [1.165, 1.54) is 24.3 Å². The van der Waals surface area contributed by atoms with Gasteiger partial charge in [0, 0.05) is 38.3 Å². The summed E-state index contributed by atoms with van der Waals surface area (Å²) in [6.45, 7) is 3.22. The van der Waals surface area contributed by atoms with Gasteiger partial charge in [-0.2, -0.15) is 0 Å². The molecule has 0 bridgehead atoms. The summed E-state index contributed by atoms with van der Waals surface area (Å²) in [6, 6.07) is 9.74. The van der Waals surface area contributed by atoms with Gasteiger partial charge >= 0.3 is 0 Å². The minimum atomic E-state index is -0.587. The summed E-state index contributed by atoms with van der Waals surface area (Å²) in [4.78, 5) is 16.2. The lowest BCUT2D eigenvalue weighted by molar-refractivity contribution is -0.124. The Hall–Kier alpha value is -2.51. The van der Waals surface area contributed by atoms with Crippen molar-refractivity contribution in [3.63, 3.8) is 0 Å². The van der Waals surface area contributed by atoms with Gasteiger partial charge in [-0.15, -0.1) is 0 Å². The highest BCUT2D eigenvalue weighted by molar-refractivity contribution is 5.81. The van der Waals surface area contributed by atoms with Crippen LogP contribution in [0.4, 0.5) is 8.78 Å². The first-order chi connectivity index (χ1) is 13.0. The van der Waals surface area contributed by atoms with Gasteiger partial charge in [-0.1, -0.05) is 12.1 Å². The molecule has 7 heteroatoms. The molecule has 3 rings (SSSR count). The molecule has 1 amide bonds. The van der Waals surface area contributed by atoms with Crippen molar-refractivity contribution in [2.24, 2.45) is 5.73 Å². The first-order valence-corrected chi connectivity index (χ1v) is 8.81. The zero-order valence-corrected chi connectivity index (χ0v) is 15.2.